The van der Waals surface area contributed by atoms with E-state index in [0.29, 0.717) is 18.4 Å². The van der Waals surface area contributed by atoms with Gasteiger partial charge in [0, 0.05) is 31.2 Å². The van der Waals surface area contributed by atoms with Gasteiger partial charge in [-0.25, -0.2) is 4.98 Å². The largest absolute Gasteiger partial charge is 0.353 e. The van der Waals surface area contributed by atoms with Crippen molar-refractivity contribution in [3.8, 4) is 0 Å². The Morgan fingerprint density at radius 1 is 1.55 bits per heavy atom. The average molecular weight is 278 g/mol. The fraction of sp³-hybridized carbons (Fsp3) is 0.733. The van der Waals surface area contributed by atoms with Crippen LogP contribution in [0.4, 0.5) is 0 Å². The van der Waals surface area contributed by atoms with E-state index in [1.165, 1.54) is 0 Å². The van der Waals surface area contributed by atoms with Gasteiger partial charge in [-0.3, -0.25) is 4.79 Å². The quantitative estimate of drug-likeness (QED) is 0.763. The number of rotatable bonds is 8. The zero-order chi connectivity index (χ0) is 14.5. The number of imidazole rings is 1. The topological polar surface area (TPSA) is 72.9 Å². The van der Waals surface area contributed by atoms with Crippen LogP contribution >= 0.6 is 0 Å². The van der Waals surface area contributed by atoms with Crippen molar-refractivity contribution >= 4 is 5.91 Å². The minimum Gasteiger partial charge on any atom is -0.353 e. The summed E-state index contributed by atoms with van der Waals surface area (Å²) >= 11 is 0. The summed E-state index contributed by atoms with van der Waals surface area (Å²) in [5, 5.41) is 3.01. The van der Waals surface area contributed by atoms with E-state index in [2.05, 4.69) is 28.7 Å². The van der Waals surface area contributed by atoms with Crippen molar-refractivity contribution in [2.24, 2.45) is 11.7 Å². The molecule has 1 atom stereocenters. The van der Waals surface area contributed by atoms with Crippen molar-refractivity contribution < 1.29 is 4.79 Å². The lowest BCUT2D eigenvalue weighted by Gasteiger charge is -2.16. The first-order valence-electron chi connectivity index (χ1n) is 7.61. The van der Waals surface area contributed by atoms with Gasteiger partial charge in [0.2, 0.25) is 5.91 Å². The Labute approximate surface area is 120 Å². The molecule has 5 heteroatoms. The fourth-order valence-corrected chi connectivity index (χ4v) is 2.39. The zero-order valence-corrected chi connectivity index (χ0v) is 12.5. The van der Waals surface area contributed by atoms with Crippen molar-refractivity contribution in [1.29, 1.82) is 0 Å². The molecular formula is C15H26N4O. The van der Waals surface area contributed by atoms with E-state index < -0.39 is 0 Å². The van der Waals surface area contributed by atoms with Gasteiger partial charge in [-0.15, -0.1) is 0 Å². The summed E-state index contributed by atoms with van der Waals surface area (Å²) in [7, 11) is 0. The number of nitrogens with two attached hydrogens (primary N) is 1. The van der Waals surface area contributed by atoms with Gasteiger partial charge in [0.1, 0.15) is 0 Å². The molecule has 0 radical (unpaired) electrons. The number of hydrogen-bond acceptors (Lipinski definition) is 3. The number of carbonyl (C=O) groups excluding carboxylic acids is 1. The Hall–Kier alpha value is -1.36. The van der Waals surface area contributed by atoms with Crippen LogP contribution in [0, 0.1) is 5.92 Å². The van der Waals surface area contributed by atoms with Gasteiger partial charge in [-0.2, -0.15) is 0 Å². The summed E-state index contributed by atoms with van der Waals surface area (Å²) in [6.07, 6.45) is 8.30. The Balaban J connectivity index is 1.77. The van der Waals surface area contributed by atoms with E-state index in [-0.39, 0.29) is 11.9 Å². The first-order valence-corrected chi connectivity index (χ1v) is 7.61. The second-order valence-electron chi connectivity index (χ2n) is 6.19. The van der Waals surface area contributed by atoms with Gasteiger partial charge in [0.25, 0.3) is 0 Å². The van der Waals surface area contributed by atoms with Crippen molar-refractivity contribution in [3.63, 3.8) is 0 Å². The van der Waals surface area contributed by atoms with Crippen LogP contribution in [0.3, 0.4) is 0 Å². The highest BCUT2D eigenvalue weighted by atomic mass is 16.1. The highest BCUT2D eigenvalue weighted by Gasteiger charge is 2.22. The number of aromatic nitrogens is 2. The summed E-state index contributed by atoms with van der Waals surface area (Å²) in [5.41, 5.74) is 7.28. The molecule has 1 heterocycles. The number of nitrogens with zero attached hydrogens (tertiary/aromatic N) is 2. The maximum atomic E-state index is 11.6. The second kappa shape index (κ2) is 6.88. The lowest BCUT2D eigenvalue weighted by Crippen LogP contribution is -2.25. The molecule has 112 valence electrons. The van der Waals surface area contributed by atoms with E-state index in [9.17, 15) is 4.79 Å². The van der Waals surface area contributed by atoms with E-state index in [0.717, 1.165) is 37.9 Å². The van der Waals surface area contributed by atoms with Crippen LogP contribution in [-0.2, 0) is 11.3 Å². The summed E-state index contributed by atoms with van der Waals surface area (Å²) in [6, 6.07) is 0.476. The lowest BCUT2D eigenvalue weighted by atomic mass is 10.0. The molecule has 1 saturated carbocycles. The Kier molecular flexibility index (Phi) is 5.17. The molecule has 20 heavy (non-hydrogen) atoms. The lowest BCUT2D eigenvalue weighted by molar-refractivity contribution is -0.121. The van der Waals surface area contributed by atoms with E-state index in [1.54, 1.807) is 0 Å². The minimum atomic E-state index is 0.0257. The van der Waals surface area contributed by atoms with E-state index in [4.69, 9.17) is 5.73 Å². The Morgan fingerprint density at radius 3 is 2.95 bits per heavy atom. The molecule has 0 spiro atoms. The van der Waals surface area contributed by atoms with E-state index in [1.807, 2.05) is 12.5 Å². The molecule has 0 bridgehead atoms. The molecule has 0 saturated heterocycles. The molecule has 1 aromatic heterocycles. The van der Waals surface area contributed by atoms with Crippen LogP contribution in [0.5, 0.6) is 0 Å². The number of hydrogen-bond donors (Lipinski definition) is 2. The summed E-state index contributed by atoms with van der Waals surface area (Å²) in [6.45, 7) is 5.14. The molecule has 1 aliphatic rings. The van der Waals surface area contributed by atoms with Crippen LogP contribution in [0.2, 0.25) is 0 Å². The van der Waals surface area contributed by atoms with Gasteiger partial charge in [-0.1, -0.05) is 13.8 Å². The van der Waals surface area contributed by atoms with Crippen LogP contribution in [-0.4, -0.2) is 21.5 Å². The number of aryl methyl sites for hydroxylation is 1. The smallest absolute Gasteiger partial charge is 0.220 e. The van der Waals surface area contributed by atoms with Crippen LogP contribution in [0.15, 0.2) is 12.5 Å². The molecule has 1 unspecified atom stereocenters. The van der Waals surface area contributed by atoms with Gasteiger partial charge in [0.05, 0.1) is 12.0 Å². The van der Waals surface area contributed by atoms with Crippen molar-refractivity contribution in [1.82, 2.24) is 14.9 Å². The van der Waals surface area contributed by atoms with Crippen molar-refractivity contribution in [2.75, 3.05) is 0 Å². The summed E-state index contributed by atoms with van der Waals surface area (Å²) < 4.78 is 2.08. The monoisotopic (exact) mass is 278 g/mol. The molecule has 1 amide bonds. The van der Waals surface area contributed by atoms with Crippen molar-refractivity contribution in [3.05, 3.63) is 18.2 Å². The number of amides is 1. The predicted molar refractivity (Wildman–Crippen MR) is 79.0 cm³/mol. The van der Waals surface area contributed by atoms with Gasteiger partial charge in [-0.05, 0) is 31.6 Å². The molecule has 1 aromatic rings. The first-order chi connectivity index (χ1) is 9.56. The number of carbonyl (C=O) groups is 1. The van der Waals surface area contributed by atoms with Crippen LogP contribution in [0.25, 0.3) is 0 Å². The highest BCUT2D eigenvalue weighted by molar-refractivity contribution is 5.76. The second-order valence-corrected chi connectivity index (χ2v) is 6.19. The van der Waals surface area contributed by atoms with Crippen molar-refractivity contribution in [2.45, 2.75) is 64.6 Å². The van der Waals surface area contributed by atoms with E-state index >= 15 is 0 Å². The predicted octanol–water partition coefficient (Wildman–Crippen LogP) is 1.99. The third-order valence-corrected chi connectivity index (χ3v) is 3.60. The van der Waals surface area contributed by atoms with Gasteiger partial charge < -0.3 is 15.6 Å². The maximum absolute atomic E-state index is 11.6. The molecule has 0 aromatic carbocycles. The van der Waals surface area contributed by atoms with Crippen LogP contribution in [0.1, 0.15) is 57.7 Å². The SMILES string of the molecule is CC(C)CC(N)c1cncn1CCCC(=O)NC1CC1. The summed E-state index contributed by atoms with van der Waals surface area (Å²) in [4.78, 5) is 15.8. The molecule has 1 fully saturated rings. The molecular weight excluding hydrogens is 252 g/mol. The third-order valence-electron chi connectivity index (χ3n) is 3.60. The molecule has 1 aliphatic carbocycles. The number of nitrogens with one attached hydrogen (secondary N) is 1. The zero-order valence-electron chi connectivity index (χ0n) is 12.5. The Morgan fingerprint density at radius 2 is 2.30 bits per heavy atom. The summed E-state index contributed by atoms with van der Waals surface area (Å²) in [5.74, 6) is 0.735. The van der Waals surface area contributed by atoms with Gasteiger partial charge in [0.15, 0.2) is 0 Å². The average Bonchev–Trinajstić information content (AvgIpc) is 3.04. The first kappa shape index (κ1) is 15.0. The molecule has 0 aliphatic heterocycles. The van der Waals surface area contributed by atoms with Gasteiger partial charge >= 0.3 is 0 Å². The minimum absolute atomic E-state index is 0.0257. The Bertz CT molecular complexity index is 437. The maximum Gasteiger partial charge on any atom is 0.220 e. The normalized spacial score (nSPS) is 16.4. The standard InChI is InChI=1S/C15H26N4O/c1-11(2)8-13(16)14-9-17-10-19(14)7-3-4-15(20)18-12-5-6-12/h9-13H,3-8,16H2,1-2H3,(H,18,20). The van der Waals surface area contributed by atoms with Crippen LogP contribution < -0.4 is 11.1 Å². The molecule has 2 rings (SSSR count). The molecule has 5 nitrogen and oxygen atoms in total. The fourth-order valence-electron chi connectivity index (χ4n) is 2.39. The highest BCUT2D eigenvalue weighted by Crippen LogP contribution is 2.20. The third kappa shape index (κ3) is 4.63. The molecule has 3 N–H and O–H groups in total.